The molecule has 0 bridgehead atoms. The Labute approximate surface area is 78.5 Å². The zero-order chi connectivity index (χ0) is 9.97. The van der Waals surface area contributed by atoms with E-state index in [4.69, 9.17) is 0 Å². The van der Waals surface area contributed by atoms with Gasteiger partial charge in [-0.2, -0.15) is 13.8 Å². The molecule has 0 aromatic carbocycles. The molecular weight excluding hydrogens is 188 g/mol. The van der Waals surface area contributed by atoms with Gasteiger partial charge in [0, 0.05) is 12.4 Å². The maximum absolute atomic E-state index is 13.1. The number of nitrogens with zero attached hydrogens (tertiary/aromatic N) is 3. The lowest BCUT2D eigenvalue weighted by Crippen LogP contribution is -1.95. The zero-order valence-corrected chi connectivity index (χ0v) is 6.98. The molecule has 0 saturated heterocycles. The quantitative estimate of drug-likeness (QED) is 0.648. The van der Waals surface area contributed by atoms with Gasteiger partial charge in [0.05, 0.1) is 5.56 Å². The van der Waals surface area contributed by atoms with E-state index in [0.717, 1.165) is 6.07 Å². The van der Waals surface area contributed by atoms with Crippen molar-refractivity contribution in [2.75, 3.05) is 0 Å². The minimum atomic E-state index is -0.906. The molecule has 0 spiro atoms. The van der Waals surface area contributed by atoms with Crippen molar-refractivity contribution in [1.82, 2.24) is 15.0 Å². The first-order chi connectivity index (χ1) is 6.77. The van der Waals surface area contributed by atoms with Crippen LogP contribution >= 0.6 is 0 Å². The summed E-state index contributed by atoms with van der Waals surface area (Å²) in [5.74, 6) is -1.57. The second-order valence-electron chi connectivity index (χ2n) is 2.54. The van der Waals surface area contributed by atoms with E-state index in [0.29, 0.717) is 0 Å². The molecule has 2 rings (SSSR count). The number of hydrogen-bond acceptors (Lipinski definition) is 3. The third kappa shape index (κ3) is 1.56. The first kappa shape index (κ1) is 8.68. The van der Waals surface area contributed by atoms with E-state index >= 15 is 0 Å². The average Bonchev–Trinajstić information content (AvgIpc) is 2.19. The highest BCUT2D eigenvalue weighted by atomic mass is 19.1. The van der Waals surface area contributed by atoms with Gasteiger partial charge in [-0.05, 0) is 18.2 Å². The fourth-order valence-corrected chi connectivity index (χ4v) is 1.02. The van der Waals surface area contributed by atoms with Gasteiger partial charge < -0.3 is 0 Å². The van der Waals surface area contributed by atoms with Gasteiger partial charge >= 0.3 is 0 Å². The molecule has 0 fully saturated rings. The Kier molecular flexibility index (Phi) is 2.14. The standard InChI is InChI=1S/C9H5F2N3/c10-7-3-2-6(8(11)14-7)9-12-4-1-5-13-9/h1-5H. The smallest absolute Gasteiger partial charge is 0.226 e. The molecule has 3 nitrogen and oxygen atoms in total. The molecule has 0 atom stereocenters. The normalized spacial score (nSPS) is 10.1. The first-order valence-corrected chi connectivity index (χ1v) is 3.87. The first-order valence-electron chi connectivity index (χ1n) is 3.87. The van der Waals surface area contributed by atoms with E-state index in [1.807, 2.05) is 0 Å². The second-order valence-corrected chi connectivity index (χ2v) is 2.54. The van der Waals surface area contributed by atoms with Gasteiger partial charge in [0.25, 0.3) is 0 Å². The van der Waals surface area contributed by atoms with Gasteiger partial charge in [0.1, 0.15) is 0 Å². The Morgan fingerprint density at radius 3 is 2.36 bits per heavy atom. The topological polar surface area (TPSA) is 38.7 Å². The summed E-state index contributed by atoms with van der Waals surface area (Å²) in [7, 11) is 0. The van der Waals surface area contributed by atoms with Crippen molar-refractivity contribution in [3.05, 3.63) is 42.5 Å². The largest absolute Gasteiger partial charge is 0.236 e. The van der Waals surface area contributed by atoms with Crippen LogP contribution in [0.5, 0.6) is 0 Å². The average molecular weight is 193 g/mol. The lowest BCUT2D eigenvalue weighted by molar-refractivity contribution is 0.514. The van der Waals surface area contributed by atoms with E-state index in [2.05, 4.69) is 15.0 Å². The number of hydrogen-bond donors (Lipinski definition) is 0. The molecule has 2 aromatic heterocycles. The highest BCUT2D eigenvalue weighted by Gasteiger charge is 2.08. The molecule has 0 amide bonds. The molecule has 5 heteroatoms. The van der Waals surface area contributed by atoms with Gasteiger partial charge in [-0.25, -0.2) is 9.97 Å². The zero-order valence-electron chi connectivity index (χ0n) is 6.98. The third-order valence-corrected chi connectivity index (χ3v) is 1.62. The predicted molar refractivity (Wildman–Crippen MR) is 45.2 cm³/mol. The summed E-state index contributed by atoms with van der Waals surface area (Å²) in [5.41, 5.74) is 0.0898. The maximum atomic E-state index is 13.1. The van der Waals surface area contributed by atoms with E-state index < -0.39 is 11.9 Å². The summed E-state index contributed by atoms with van der Waals surface area (Å²) in [5, 5.41) is 0. The van der Waals surface area contributed by atoms with Crippen LogP contribution in [-0.4, -0.2) is 15.0 Å². The maximum Gasteiger partial charge on any atom is 0.226 e. The van der Waals surface area contributed by atoms with Crippen LogP contribution in [0.2, 0.25) is 0 Å². The lowest BCUT2D eigenvalue weighted by Gasteiger charge is -1.99. The van der Waals surface area contributed by atoms with Crippen molar-refractivity contribution >= 4 is 0 Å². The molecule has 0 N–H and O–H groups in total. The molecule has 14 heavy (non-hydrogen) atoms. The van der Waals surface area contributed by atoms with Crippen LogP contribution < -0.4 is 0 Å². The van der Waals surface area contributed by atoms with Crippen molar-refractivity contribution in [3.63, 3.8) is 0 Å². The number of pyridine rings is 1. The SMILES string of the molecule is Fc1ccc(-c2ncccn2)c(F)n1. The van der Waals surface area contributed by atoms with Crippen molar-refractivity contribution in [2.45, 2.75) is 0 Å². The van der Waals surface area contributed by atoms with Crippen molar-refractivity contribution in [1.29, 1.82) is 0 Å². The second kappa shape index (κ2) is 3.45. The molecule has 0 unspecified atom stereocenters. The van der Waals surface area contributed by atoms with Crippen LogP contribution in [0.4, 0.5) is 8.78 Å². The van der Waals surface area contributed by atoms with Crippen molar-refractivity contribution in [3.8, 4) is 11.4 Å². The molecule has 0 aliphatic rings. The minimum absolute atomic E-state index is 0.0898. The highest BCUT2D eigenvalue weighted by Crippen LogP contribution is 2.16. The lowest BCUT2D eigenvalue weighted by atomic mass is 10.2. The van der Waals surface area contributed by atoms with Crippen LogP contribution in [0.1, 0.15) is 0 Å². The number of rotatable bonds is 1. The van der Waals surface area contributed by atoms with Crippen LogP contribution in [0.15, 0.2) is 30.6 Å². The minimum Gasteiger partial charge on any atom is -0.236 e. The third-order valence-electron chi connectivity index (χ3n) is 1.62. The van der Waals surface area contributed by atoms with Crippen molar-refractivity contribution in [2.24, 2.45) is 0 Å². The molecule has 70 valence electrons. The molecule has 2 heterocycles. The molecule has 0 aliphatic heterocycles. The summed E-state index contributed by atoms with van der Waals surface area (Å²) in [4.78, 5) is 10.7. The fourth-order valence-electron chi connectivity index (χ4n) is 1.02. The van der Waals surface area contributed by atoms with Crippen LogP contribution in [0, 0.1) is 11.9 Å². The Bertz CT molecular complexity index is 445. The molecular formula is C9H5F2N3. The van der Waals surface area contributed by atoms with Crippen molar-refractivity contribution < 1.29 is 8.78 Å². The Hall–Kier alpha value is -1.91. The van der Waals surface area contributed by atoms with Crippen LogP contribution in [-0.2, 0) is 0 Å². The van der Waals surface area contributed by atoms with Crippen LogP contribution in [0.25, 0.3) is 11.4 Å². The van der Waals surface area contributed by atoms with Gasteiger partial charge in [-0.15, -0.1) is 0 Å². The molecule has 0 aliphatic carbocycles. The molecule has 0 radical (unpaired) electrons. The number of halogens is 2. The highest BCUT2D eigenvalue weighted by molar-refractivity contribution is 5.53. The van der Waals surface area contributed by atoms with E-state index in [1.165, 1.54) is 18.5 Å². The van der Waals surface area contributed by atoms with Gasteiger partial charge in [0.15, 0.2) is 5.82 Å². The fraction of sp³-hybridized carbons (Fsp3) is 0. The monoisotopic (exact) mass is 193 g/mol. The van der Waals surface area contributed by atoms with E-state index in [1.54, 1.807) is 6.07 Å². The Balaban J connectivity index is 2.53. The van der Waals surface area contributed by atoms with Gasteiger partial charge in [-0.3, -0.25) is 0 Å². The van der Waals surface area contributed by atoms with Crippen LogP contribution in [0.3, 0.4) is 0 Å². The number of aromatic nitrogens is 3. The molecule has 2 aromatic rings. The summed E-state index contributed by atoms with van der Waals surface area (Å²) >= 11 is 0. The van der Waals surface area contributed by atoms with E-state index in [9.17, 15) is 8.78 Å². The summed E-state index contributed by atoms with van der Waals surface area (Å²) in [6, 6.07) is 3.93. The Morgan fingerprint density at radius 2 is 1.71 bits per heavy atom. The Morgan fingerprint density at radius 1 is 1.00 bits per heavy atom. The molecule has 0 saturated carbocycles. The van der Waals surface area contributed by atoms with Gasteiger partial charge in [-0.1, -0.05) is 0 Å². The van der Waals surface area contributed by atoms with E-state index in [-0.39, 0.29) is 11.4 Å². The van der Waals surface area contributed by atoms with Gasteiger partial charge in [0.2, 0.25) is 11.9 Å². The summed E-state index contributed by atoms with van der Waals surface area (Å²) in [6.07, 6.45) is 2.95. The summed E-state index contributed by atoms with van der Waals surface area (Å²) < 4.78 is 25.6. The predicted octanol–water partition coefficient (Wildman–Crippen LogP) is 1.82. The summed E-state index contributed by atoms with van der Waals surface area (Å²) in [6.45, 7) is 0.